The maximum absolute atomic E-state index is 13.7. The van der Waals surface area contributed by atoms with Gasteiger partial charge in [0.1, 0.15) is 12.6 Å². The van der Waals surface area contributed by atoms with Crippen molar-refractivity contribution in [3.63, 3.8) is 0 Å². The van der Waals surface area contributed by atoms with E-state index in [2.05, 4.69) is 5.32 Å². The van der Waals surface area contributed by atoms with Crippen LogP contribution in [0.3, 0.4) is 0 Å². The van der Waals surface area contributed by atoms with Crippen LogP contribution in [0.4, 0.5) is 5.69 Å². The molecular weight excluding hydrogens is 486 g/mol. The summed E-state index contributed by atoms with van der Waals surface area (Å²) in [6, 6.07) is 11.5. The summed E-state index contributed by atoms with van der Waals surface area (Å²) in [4.78, 5) is 28.2. The zero-order chi connectivity index (χ0) is 26.3. The molecule has 9 heteroatoms. The highest BCUT2D eigenvalue weighted by Gasteiger charge is 2.32. The Morgan fingerprint density at radius 3 is 2.14 bits per heavy atom. The Balaban J connectivity index is 2.45. The van der Waals surface area contributed by atoms with Gasteiger partial charge in [-0.3, -0.25) is 13.9 Å². The first kappa shape index (κ1) is 28.7. The molecule has 192 valence electrons. The Kier molecular flexibility index (Phi) is 10.2. The number of nitrogens with zero attached hydrogens (tertiary/aromatic N) is 2. The Hall–Kier alpha value is -2.58. The number of nitrogens with one attached hydrogen (secondary N) is 1. The molecule has 0 aliphatic carbocycles. The van der Waals surface area contributed by atoms with Crippen molar-refractivity contribution in [1.29, 1.82) is 0 Å². The molecule has 0 fully saturated rings. The van der Waals surface area contributed by atoms with Crippen LogP contribution in [0.1, 0.15) is 50.3 Å². The molecule has 0 aliphatic rings. The molecule has 0 heterocycles. The normalized spacial score (nSPS) is 13.1. The van der Waals surface area contributed by atoms with Crippen LogP contribution in [-0.2, 0) is 26.2 Å². The van der Waals surface area contributed by atoms with E-state index in [0.29, 0.717) is 17.1 Å². The first-order valence-corrected chi connectivity index (χ1v) is 14.0. The first-order chi connectivity index (χ1) is 16.4. The quantitative estimate of drug-likeness (QED) is 0.473. The summed E-state index contributed by atoms with van der Waals surface area (Å²) in [7, 11) is -3.76. The number of hydrogen-bond acceptors (Lipinski definition) is 4. The zero-order valence-electron chi connectivity index (χ0n) is 21.3. The fourth-order valence-electron chi connectivity index (χ4n) is 3.64. The average Bonchev–Trinajstić information content (AvgIpc) is 2.79. The highest BCUT2D eigenvalue weighted by Crippen LogP contribution is 2.23. The number of halogens is 1. The van der Waals surface area contributed by atoms with Gasteiger partial charge in [0.05, 0.1) is 11.9 Å². The van der Waals surface area contributed by atoms with Gasteiger partial charge in [-0.25, -0.2) is 8.42 Å². The Morgan fingerprint density at radius 2 is 1.63 bits per heavy atom. The molecule has 35 heavy (non-hydrogen) atoms. The van der Waals surface area contributed by atoms with Crippen LogP contribution >= 0.6 is 11.6 Å². The Labute approximate surface area is 214 Å². The van der Waals surface area contributed by atoms with Crippen LogP contribution in [-0.4, -0.2) is 50.0 Å². The maximum atomic E-state index is 13.7. The molecule has 2 aromatic rings. The Morgan fingerprint density at radius 1 is 1.00 bits per heavy atom. The lowest BCUT2D eigenvalue weighted by molar-refractivity contribution is -0.140. The fraction of sp³-hybridized carbons (Fsp3) is 0.462. The van der Waals surface area contributed by atoms with Crippen LogP contribution < -0.4 is 9.62 Å². The molecule has 0 saturated carbocycles. The lowest BCUT2D eigenvalue weighted by Gasteiger charge is -2.33. The van der Waals surface area contributed by atoms with Gasteiger partial charge in [-0.1, -0.05) is 43.6 Å². The van der Waals surface area contributed by atoms with E-state index in [1.807, 2.05) is 40.7 Å². The van der Waals surface area contributed by atoms with E-state index in [4.69, 9.17) is 11.6 Å². The largest absolute Gasteiger partial charge is 0.352 e. The van der Waals surface area contributed by atoms with Gasteiger partial charge >= 0.3 is 0 Å². The molecule has 0 saturated heterocycles. The summed E-state index contributed by atoms with van der Waals surface area (Å²) in [5.74, 6) is -0.726. The van der Waals surface area contributed by atoms with Gasteiger partial charge in [0, 0.05) is 17.6 Å². The lowest BCUT2D eigenvalue weighted by Crippen LogP contribution is -2.53. The second-order valence-corrected chi connectivity index (χ2v) is 11.3. The molecule has 2 atom stereocenters. The molecule has 2 amide bonds. The minimum absolute atomic E-state index is 0.0490. The number of hydrogen-bond donors (Lipinski definition) is 1. The van der Waals surface area contributed by atoms with Crippen molar-refractivity contribution in [3.05, 3.63) is 64.2 Å². The van der Waals surface area contributed by atoms with Crippen LogP contribution in [0, 0.1) is 13.8 Å². The predicted molar refractivity (Wildman–Crippen MR) is 142 cm³/mol. The highest BCUT2D eigenvalue weighted by molar-refractivity contribution is 7.92. The standard InChI is InChI=1S/C26H36ClN3O4S/c1-7-20(5)28-26(32)24(8-2)29(16-21-10-12-22(27)13-11-21)25(31)17-30(35(6,33)34)23-14-9-18(3)19(4)15-23/h9-15,20,24H,7-8,16-17H2,1-6H3,(H,28,32). The van der Waals surface area contributed by atoms with Gasteiger partial charge in [-0.2, -0.15) is 0 Å². The first-order valence-electron chi connectivity index (χ1n) is 11.8. The summed E-state index contributed by atoms with van der Waals surface area (Å²) in [5, 5.41) is 3.52. The number of carbonyl (C=O) groups excluding carboxylic acids is 2. The van der Waals surface area contributed by atoms with Crippen molar-refractivity contribution >= 4 is 39.1 Å². The third-order valence-electron chi connectivity index (χ3n) is 6.11. The molecule has 0 aliphatic heterocycles. The van der Waals surface area contributed by atoms with E-state index in [9.17, 15) is 18.0 Å². The van der Waals surface area contributed by atoms with Gasteiger partial charge < -0.3 is 10.2 Å². The van der Waals surface area contributed by atoms with Crippen LogP contribution in [0.5, 0.6) is 0 Å². The molecule has 2 aromatic carbocycles. The highest BCUT2D eigenvalue weighted by atomic mass is 35.5. The van der Waals surface area contributed by atoms with Crippen molar-refractivity contribution in [2.75, 3.05) is 17.1 Å². The molecule has 0 aromatic heterocycles. The summed E-state index contributed by atoms with van der Waals surface area (Å²) in [5.41, 5.74) is 3.13. The predicted octanol–water partition coefficient (Wildman–Crippen LogP) is 4.44. The number of rotatable bonds is 11. The van der Waals surface area contributed by atoms with Gasteiger partial charge in [0.25, 0.3) is 0 Å². The summed E-state index contributed by atoms with van der Waals surface area (Å²) >= 11 is 6.02. The van der Waals surface area contributed by atoms with Crippen LogP contribution in [0.15, 0.2) is 42.5 Å². The van der Waals surface area contributed by atoms with Crippen molar-refractivity contribution < 1.29 is 18.0 Å². The third kappa shape index (κ3) is 7.97. The molecule has 0 radical (unpaired) electrons. The number of aryl methyl sites for hydroxylation is 2. The minimum Gasteiger partial charge on any atom is -0.352 e. The van der Waals surface area contributed by atoms with E-state index >= 15 is 0 Å². The molecule has 2 unspecified atom stereocenters. The zero-order valence-corrected chi connectivity index (χ0v) is 22.9. The van der Waals surface area contributed by atoms with Crippen molar-refractivity contribution in [3.8, 4) is 0 Å². The van der Waals surface area contributed by atoms with Crippen LogP contribution in [0.25, 0.3) is 0 Å². The molecule has 2 rings (SSSR count). The Bertz CT molecular complexity index is 1140. The fourth-order valence-corrected chi connectivity index (χ4v) is 4.61. The lowest BCUT2D eigenvalue weighted by atomic mass is 10.1. The van der Waals surface area contributed by atoms with Crippen molar-refractivity contribution in [2.24, 2.45) is 0 Å². The monoisotopic (exact) mass is 521 g/mol. The molecule has 1 N–H and O–H groups in total. The second kappa shape index (κ2) is 12.4. The van der Waals surface area contributed by atoms with Crippen molar-refractivity contribution in [2.45, 2.75) is 66.1 Å². The minimum atomic E-state index is -3.76. The van der Waals surface area contributed by atoms with E-state index in [1.165, 1.54) is 4.90 Å². The van der Waals surface area contributed by atoms with E-state index in [1.54, 1.807) is 36.4 Å². The second-order valence-electron chi connectivity index (χ2n) is 8.93. The summed E-state index contributed by atoms with van der Waals surface area (Å²) in [6.07, 6.45) is 2.21. The number of anilines is 1. The summed E-state index contributed by atoms with van der Waals surface area (Å²) in [6.45, 7) is 9.26. The molecule has 7 nitrogen and oxygen atoms in total. The number of benzene rings is 2. The van der Waals surface area contributed by atoms with Gasteiger partial charge in [0.15, 0.2) is 0 Å². The molecule has 0 bridgehead atoms. The van der Waals surface area contributed by atoms with Crippen LogP contribution in [0.2, 0.25) is 5.02 Å². The summed E-state index contributed by atoms with van der Waals surface area (Å²) < 4.78 is 26.5. The maximum Gasteiger partial charge on any atom is 0.244 e. The molecule has 0 spiro atoms. The number of sulfonamides is 1. The topological polar surface area (TPSA) is 86.8 Å². The van der Waals surface area contributed by atoms with Gasteiger partial charge in [-0.15, -0.1) is 0 Å². The van der Waals surface area contributed by atoms with Crippen molar-refractivity contribution in [1.82, 2.24) is 10.2 Å². The van der Waals surface area contributed by atoms with E-state index < -0.39 is 28.5 Å². The average molecular weight is 522 g/mol. The third-order valence-corrected chi connectivity index (χ3v) is 7.50. The van der Waals surface area contributed by atoms with Gasteiger partial charge in [0.2, 0.25) is 21.8 Å². The SMILES string of the molecule is CCC(C)NC(=O)C(CC)N(Cc1ccc(Cl)cc1)C(=O)CN(c1ccc(C)c(C)c1)S(C)(=O)=O. The van der Waals surface area contributed by atoms with Gasteiger partial charge in [-0.05, 0) is 74.6 Å². The molecular formula is C26H36ClN3O4S. The van der Waals surface area contributed by atoms with E-state index in [0.717, 1.165) is 33.7 Å². The number of amides is 2. The smallest absolute Gasteiger partial charge is 0.244 e. The number of carbonyl (C=O) groups is 2. The van der Waals surface area contributed by atoms with E-state index in [-0.39, 0.29) is 18.5 Å².